The number of amidine groups is 1. The van der Waals surface area contributed by atoms with E-state index in [1.165, 1.54) is 17.4 Å². The molecule has 0 radical (unpaired) electrons. The quantitative estimate of drug-likeness (QED) is 0.346. The van der Waals surface area contributed by atoms with Crippen molar-refractivity contribution < 1.29 is 4.79 Å². The van der Waals surface area contributed by atoms with E-state index >= 15 is 0 Å². The molecule has 4 rings (SSSR count). The van der Waals surface area contributed by atoms with E-state index in [2.05, 4.69) is 21.5 Å². The van der Waals surface area contributed by atoms with Crippen molar-refractivity contribution in [3.63, 3.8) is 0 Å². The highest BCUT2D eigenvalue weighted by atomic mass is 32.1. The van der Waals surface area contributed by atoms with Crippen molar-refractivity contribution in [1.82, 2.24) is 9.97 Å². The maximum absolute atomic E-state index is 13.5. The summed E-state index contributed by atoms with van der Waals surface area (Å²) in [6, 6.07) is 15.2. The Morgan fingerprint density at radius 3 is 2.90 bits per heavy atom. The molecular formula is C24H21N5OS. The van der Waals surface area contributed by atoms with Crippen molar-refractivity contribution in [2.24, 2.45) is 10.7 Å². The second kappa shape index (κ2) is 8.89. The van der Waals surface area contributed by atoms with E-state index in [0.29, 0.717) is 17.9 Å². The van der Waals surface area contributed by atoms with Crippen LogP contribution in [0.2, 0.25) is 0 Å². The van der Waals surface area contributed by atoms with Crippen molar-refractivity contribution in [1.29, 1.82) is 0 Å². The number of aryl methyl sites for hydroxylation is 1. The van der Waals surface area contributed by atoms with Crippen LogP contribution in [0.25, 0.3) is 10.2 Å². The van der Waals surface area contributed by atoms with Gasteiger partial charge in [0, 0.05) is 12.4 Å². The molecule has 2 aromatic carbocycles. The Labute approximate surface area is 184 Å². The number of carbonyl (C=O) groups excluding carboxylic acids is 1. The minimum Gasteiger partial charge on any atom is -0.384 e. The van der Waals surface area contributed by atoms with Crippen molar-refractivity contribution in [2.75, 3.05) is 4.90 Å². The minimum absolute atomic E-state index is 0.134. The number of aliphatic imine (C=N–C) groups is 1. The third-order valence-electron chi connectivity index (χ3n) is 4.85. The largest absolute Gasteiger partial charge is 0.384 e. The predicted octanol–water partition coefficient (Wildman–Crippen LogP) is 5.02. The third-order valence-corrected chi connectivity index (χ3v) is 5.72. The second-order valence-electron chi connectivity index (χ2n) is 6.97. The smallest absolute Gasteiger partial charge is 0.260 e. The van der Waals surface area contributed by atoms with Gasteiger partial charge < -0.3 is 10.6 Å². The number of rotatable bonds is 6. The molecule has 0 bridgehead atoms. The molecule has 7 heteroatoms. The molecule has 0 saturated heterocycles. The van der Waals surface area contributed by atoms with Gasteiger partial charge >= 0.3 is 0 Å². The number of nitrogens with two attached hydrogens (primary N) is 1. The summed E-state index contributed by atoms with van der Waals surface area (Å²) in [6.45, 7) is 5.99. The van der Waals surface area contributed by atoms with Gasteiger partial charge in [0.1, 0.15) is 5.84 Å². The Morgan fingerprint density at radius 1 is 1.26 bits per heavy atom. The van der Waals surface area contributed by atoms with Gasteiger partial charge in [0.2, 0.25) is 0 Å². The number of hydrogen-bond acceptors (Lipinski definition) is 5. The first-order chi connectivity index (χ1) is 15.1. The van der Waals surface area contributed by atoms with Gasteiger partial charge in [-0.3, -0.25) is 9.78 Å². The number of nitrogens with zero attached hydrogens (tertiary/aromatic N) is 4. The lowest BCUT2D eigenvalue weighted by atomic mass is 10.1. The van der Waals surface area contributed by atoms with Crippen LogP contribution in [0.15, 0.2) is 84.1 Å². The van der Waals surface area contributed by atoms with Gasteiger partial charge in [-0.2, -0.15) is 0 Å². The summed E-state index contributed by atoms with van der Waals surface area (Å²) in [6.07, 6.45) is 4.74. The zero-order valence-corrected chi connectivity index (χ0v) is 17.8. The minimum atomic E-state index is -0.134. The molecule has 0 aliphatic rings. The van der Waals surface area contributed by atoms with Crippen LogP contribution in [0.4, 0.5) is 11.4 Å². The molecule has 1 amide bonds. The Balaban J connectivity index is 1.79. The van der Waals surface area contributed by atoms with Gasteiger partial charge in [-0.25, -0.2) is 9.98 Å². The van der Waals surface area contributed by atoms with Gasteiger partial charge in [-0.05, 0) is 54.5 Å². The summed E-state index contributed by atoms with van der Waals surface area (Å²) < 4.78 is 0.959. The Morgan fingerprint density at radius 2 is 2.13 bits per heavy atom. The van der Waals surface area contributed by atoms with Crippen LogP contribution in [-0.4, -0.2) is 21.7 Å². The first-order valence-electron chi connectivity index (χ1n) is 9.67. The fourth-order valence-electron chi connectivity index (χ4n) is 3.24. The third kappa shape index (κ3) is 4.36. The number of fused-ring (bicyclic) bond motifs is 1. The topological polar surface area (TPSA) is 84.5 Å². The average Bonchev–Trinajstić information content (AvgIpc) is 3.29. The predicted molar refractivity (Wildman–Crippen MR) is 127 cm³/mol. The average molecular weight is 428 g/mol. The zero-order valence-electron chi connectivity index (χ0n) is 17.0. The first kappa shape index (κ1) is 20.4. The summed E-state index contributed by atoms with van der Waals surface area (Å²) in [7, 11) is 0. The van der Waals surface area contributed by atoms with Crippen molar-refractivity contribution >= 4 is 44.7 Å². The van der Waals surface area contributed by atoms with Crippen LogP contribution in [-0.2, 0) is 6.54 Å². The van der Waals surface area contributed by atoms with Crippen LogP contribution in [0.5, 0.6) is 0 Å². The molecule has 2 heterocycles. The summed E-state index contributed by atoms with van der Waals surface area (Å²) >= 11 is 1.51. The van der Waals surface area contributed by atoms with Crippen LogP contribution < -0.4 is 10.6 Å². The molecule has 0 aliphatic carbocycles. The van der Waals surface area contributed by atoms with E-state index in [-0.39, 0.29) is 5.91 Å². The highest BCUT2D eigenvalue weighted by Gasteiger charge is 2.21. The number of amides is 1. The number of pyridine rings is 1. The first-order valence-corrected chi connectivity index (χ1v) is 10.5. The summed E-state index contributed by atoms with van der Waals surface area (Å²) in [5.41, 5.74) is 12.5. The second-order valence-corrected chi connectivity index (χ2v) is 7.83. The Kier molecular flexibility index (Phi) is 5.86. The van der Waals surface area contributed by atoms with E-state index in [9.17, 15) is 4.79 Å². The van der Waals surface area contributed by atoms with E-state index in [1.807, 2.05) is 43.3 Å². The van der Waals surface area contributed by atoms with Crippen molar-refractivity contribution in [3.05, 3.63) is 95.8 Å². The lowest BCUT2D eigenvalue weighted by Crippen LogP contribution is -2.30. The van der Waals surface area contributed by atoms with E-state index in [4.69, 9.17) is 5.73 Å². The fraction of sp³-hybridized carbons (Fsp3) is 0.0833. The number of hydrogen-bond donors (Lipinski definition) is 1. The molecule has 6 nitrogen and oxygen atoms in total. The molecule has 154 valence electrons. The zero-order chi connectivity index (χ0) is 21.8. The maximum Gasteiger partial charge on any atom is 0.260 e. The number of thiazole rings is 1. The summed E-state index contributed by atoms with van der Waals surface area (Å²) in [5, 5.41) is 0. The number of carbonyl (C=O) groups is 1. The van der Waals surface area contributed by atoms with E-state index < -0.39 is 0 Å². The van der Waals surface area contributed by atoms with E-state index in [0.717, 1.165) is 32.7 Å². The monoisotopic (exact) mass is 427 g/mol. The molecule has 31 heavy (non-hydrogen) atoms. The van der Waals surface area contributed by atoms with E-state index in [1.54, 1.807) is 34.9 Å². The molecule has 0 aliphatic heterocycles. The van der Waals surface area contributed by atoms with Crippen molar-refractivity contribution in [3.8, 4) is 0 Å². The van der Waals surface area contributed by atoms with Crippen LogP contribution >= 0.6 is 11.3 Å². The van der Waals surface area contributed by atoms with Gasteiger partial charge in [0.25, 0.3) is 5.91 Å². The van der Waals surface area contributed by atoms with Gasteiger partial charge in [-0.15, -0.1) is 11.3 Å². The lowest BCUT2D eigenvalue weighted by Gasteiger charge is -2.24. The molecule has 2 N–H and O–H groups in total. The highest BCUT2D eigenvalue weighted by Crippen LogP contribution is 2.32. The van der Waals surface area contributed by atoms with Gasteiger partial charge in [0.05, 0.1) is 39.2 Å². The SMILES string of the molecule is C=CC(N)=Nc1cc(CN(C(=O)c2cccnc2)c2cccc3ncsc23)ccc1C. The molecule has 2 aromatic heterocycles. The van der Waals surface area contributed by atoms with Gasteiger partial charge in [0.15, 0.2) is 0 Å². The Bertz CT molecular complexity index is 1280. The van der Waals surface area contributed by atoms with Crippen LogP contribution in [0.1, 0.15) is 21.5 Å². The van der Waals surface area contributed by atoms with Gasteiger partial charge in [-0.1, -0.05) is 24.8 Å². The normalized spacial score (nSPS) is 11.5. The number of anilines is 1. The standard InChI is InChI=1S/C24H21N5OS/c1-3-22(25)28-20-12-17(10-9-16(20)2)14-29(24(30)18-6-5-11-26-13-18)21-8-4-7-19-23(21)31-15-27-19/h3-13,15H,1,14H2,2H3,(H2,25,28). The summed E-state index contributed by atoms with van der Waals surface area (Å²) in [4.78, 5) is 28.2. The molecule has 0 saturated carbocycles. The molecule has 0 atom stereocenters. The lowest BCUT2D eigenvalue weighted by molar-refractivity contribution is 0.0985. The number of benzene rings is 2. The van der Waals surface area contributed by atoms with Crippen LogP contribution in [0.3, 0.4) is 0 Å². The molecule has 0 fully saturated rings. The molecular weight excluding hydrogens is 406 g/mol. The fourth-order valence-corrected chi connectivity index (χ4v) is 4.05. The maximum atomic E-state index is 13.5. The molecule has 4 aromatic rings. The molecule has 0 unspecified atom stereocenters. The van der Waals surface area contributed by atoms with Crippen molar-refractivity contribution in [2.45, 2.75) is 13.5 Å². The van der Waals surface area contributed by atoms with Crippen LogP contribution in [0, 0.1) is 6.92 Å². The Hall–Kier alpha value is -3.84. The molecule has 0 spiro atoms. The highest BCUT2D eigenvalue weighted by molar-refractivity contribution is 7.17. The summed E-state index contributed by atoms with van der Waals surface area (Å²) in [5.74, 6) is 0.211. The number of aromatic nitrogens is 2.